The molecule has 2 aromatic rings. The predicted octanol–water partition coefficient (Wildman–Crippen LogP) is 2.38. The van der Waals surface area contributed by atoms with Gasteiger partial charge in [-0.05, 0) is 51.3 Å². The van der Waals surface area contributed by atoms with E-state index < -0.39 is 10.0 Å². The highest BCUT2D eigenvalue weighted by atomic mass is 32.2. The van der Waals surface area contributed by atoms with Gasteiger partial charge in [-0.1, -0.05) is 12.1 Å². The topological polar surface area (TPSA) is 84.0 Å². The van der Waals surface area contributed by atoms with Crippen LogP contribution < -0.4 is 10.0 Å². The number of nitrogens with zero attached hydrogens (tertiary/aromatic N) is 2. The fraction of sp³-hybridized carbons (Fsp3) is 0.444. The molecule has 1 aromatic heterocycles. The zero-order chi connectivity index (χ0) is 18.0. The lowest BCUT2D eigenvalue weighted by Crippen LogP contribution is -2.25. The maximum Gasteiger partial charge on any atom is 0.240 e. The number of rotatable bonds is 7. The molecule has 1 aliphatic rings. The molecule has 7 heteroatoms. The Kier molecular flexibility index (Phi) is 5.17. The van der Waals surface area contributed by atoms with E-state index in [1.54, 1.807) is 12.1 Å². The lowest BCUT2D eigenvalue weighted by atomic mass is 10.1. The summed E-state index contributed by atoms with van der Waals surface area (Å²) in [5, 5.41) is 3.43. The minimum absolute atomic E-state index is 0.112. The normalized spacial score (nSPS) is 16.0. The minimum atomic E-state index is -3.38. The first-order valence-corrected chi connectivity index (χ1v) is 9.98. The Morgan fingerprint density at radius 2 is 1.88 bits per heavy atom. The van der Waals surface area contributed by atoms with E-state index in [4.69, 9.17) is 0 Å². The fourth-order valence-electron chi connectivity index (χ4n) is 2.67. The van der Waals surface area contributed by atoms with Crippen LogP contribution >= 0.6 is 0 Å². The Morgan fingerprint density at radius 1 is 1.20 bits per heavy atom. The zero-order valence-electron chi connectivity index (χ0n) is 14.8. The van der Waals surface area contributed by atoms with Crippen molar-refractivity contribution in [2.24, 2.45) is 0 Å². The van der Waals surface area contributed by atoms with Crippen LogP contribution in [0, 0.1) is 13.8 Å². The molecule has 1 unspecified atom stereocenters. The molecule has 1 fully saturated rings. The highest BCUT2D eigenvalue weighted by Gasteiger charge is 2.27. The summed E-state index contributed by atoms with van der Waals surface area (Å²) < 4.78 is 27.0. The Bertz CT molecular complexity index is 846. The van der Waals surface area contributed by atoms with E-state index in [1.807, 2.05) is 32.2 Å². The second-order valence-corrected chi connectivity index (χ2v) is 8.31. The van der Waals surface area contributed by atoms with Gasteiger partial charge in [0.1, 0.15) is 5.82 Å². The fourth-order valence-corrected chi connectivity index (χ4v) is 3.98. The summed E-state index contributed by atoms with van der Waals surface area (Å²) in [6, 6.07) is 7.24. The van der Waals surface area contributed by atoms with Gasteiger partial charge >= 0.3 is 0 Å². The van der Waals surface area contributed by atoms with Crippen LogP contribution in [0.3, 0.4) is 0 Å². The van der Waals surface area contributed by atoms with Gasteiger partial charge in [-0.2, -0.15) is 0 Å². The van der Waals surface area contributed by atoms with Crippen molar-refractivity contribution in [2.75, 3.05) is 0 Å². The van der Waals surface area contributed by atoms with Crippen LogP contribution in [0.4, 0.5) is 0 Å². The maximum absolute atomic E-state index is 12.2. The molecule has 25 heavy (non-hydrogen) atoms. The quantitative estimate of drug-likeness (QED) is 0.792. The second kappa shape index (κ2) is 7.19. The van der Waals surface area contributed by atoms with Gasteiger partial charge in [-0.3, -0.25) is 0 Å². The Hall–Kier alpha value is -1.83. The van der Waals surface area contributed by atoms with Crippen LogP contribution in [-0.4, -0.2) is 24.4 Å². The van der Waals surface area contributed by atoms with E-state index in [0.29, 0.717) is 11.4 Å². The van der Waals surface area contributed by atoms with Crippen molar-refractivity contribution in [3.63, 3.8) is 0 Å². The van der Waals surface area contributed by atoms with E-state index in [2.05, 4.69) is 26.9 Å². The van der Waals surface area contributed by atoms with Crippen molar-refractivity contribution < 1.29 is 8.42 Å². The molecule has 1 aliphatic carbocycles. The lowest BCUT2D eigenvalue weighted by molar-refractivity contribution is 0.566. The largest absolute Gasteiger partial charge is 0.306 e. The summed E-state index contributed by atoms with van der Waals surface area (Å²) in [7, 11) is -3.38. The van der Waals surface area contributed by atoms with Gasteiger partial charge in [0.15, 0.2) is 0 Å². The van der Waals surface area contributed by atoms with Crippen molar-refractivity contribution in [3.8, 4) is 0 Å². The standard InChI is InChI=1S/C18H24N4O2S/c1-12(18-11-20-14(3)21-13(18)2)19-10-15-4-8-17(9-5-15)25(23,24)22-16-6-7-16/h4-5,8-9,11-12,16,19,22H,6-7,10H2,1-3H3. The number of benzene rings is 1. The van der Waals surface area contributed by atoms with Crippen molar-refractivity contribution in [1.82, 2.24) is 20.0 Å². The molecule has 1 atom stereocenters. The van der Waals surface area contributed by atoms with Crippen molar-refractivity contribution >= 4 is 10.0 Å². The van der Waals surface area contributed by atoms with E-state index in [-0.39, 0.29) is 12.1 Å². The highest BCUT2D eigenvalue weighted by molar-refractivity contribution is 7.89. The van der Waals surface area contributed by atoms with Crippen LogP contribution in [0.2, 0.25) is 0 Å². The van der Waals surface area contributed by atoms with Crippen LogP contribution in [0.5, 0.6) is 0 Å². The van der Waals surface area contributed by atoms with E-state index in [1.165, 1.54) is 0 Å². The van der Waals surface area contributed by atoms with Crippen LogP contribution in [0.25, 0.3) is 0 Å². The summed E-state index contributed by atoms with van der Waals surface area (Å²) in [5.74, 6) is 0.769. The third-order valence-electron chi connectivity index (χ3n) is 4.35. The van der Waals surface area contributed by atoms with Crippen LogP contribution in [-0.2, 0) is 16.6 Å². The average molecular weight is 360 g/mol. The van der Waals surface area contributed by atoms with Gasteiger partial charge in [-0.25, -0.2) is 23.1 Å². The SMILES string of the molecule is Cc1ncc(C(C)NCc2ccc(S(=O)(=O)NC3CC3)cc2)c(C)n1. The van der Waals surface area contributed by atoms with Gasteiger partial charge in [-0.15, -0.1) is 0 Å². The number of hydrogen-bond donors (Lipinski definition) is 2. The summed E-state index contributed by atoms with van der Waals surface area (Å²) in [6.45, 7) is 6.57. The number of aromatic nitrogens is 2. The molecule has 0 bridgehead atoms. The molecule has 3 rings (SSSR count). The third kappa shape index (κ3) is 4.62. The van der Waals surface area contributed by atoms with Gasteiger partial charge in [0.05, 0.1) is 4.90 Å². The van der Waals surface area contributed by atoms with Crippen LogP contribution in [0.1, 0.15) is 48.5 Å². The lowest BCUT2D eigenvalue weighted by Gasteiger charge is -2.16. The Balaban J connectivity index is 1.61. The van der Waals surface area contributed by atoms with Crippen molar-refractivity contribution in [3.05, 3.63) is 53.1 Å². The molecule has 2 N–H and O–H groups in total. The first kappa shape index (κ1) is 18.0. The second-order valence-electron chi connectivity index (χ2n) is 6.60. The van der Waals surface area contributed by atoms with Gasteiger partial charge in [0.25, 0.3) is 0 Å². The third-order valence-corrected chi connectivity index (χ3v) is 5.89. The van der Waals surface area contributed by atoms with E-state index in [0.717, 1.165) is 35.5 Å². The predicted molar refractivity (Wildman–Crippen MR) is 96.5 cm³/mol. The molecule has 6 nitrogen and oxygen atoms in total. The molecule has 0 saturated heterocycles. The molecule has 1 aromatic carbocycles. The van der Waals surface area contributed by atoms with Crippen molar-refractivity contribution in [1.29, 1.82) is 0 Å². The van der Waals surface area contributed by atoms with Gasteiger partial charge < -0.3 is 5.32 Å². The summed E-state index contributed by atoms with van der Waals surface area (Å²) in [5.41, 5.74) is 3.07. The Labute approximate surface area is 149 Å². The van der Waals surface area contributed by atoms with Crippen molar-refractivity contribution in [2.45, 2.75) is 57.1 Å². The first-order chi connectivity index (χ1) is 11.8. The first-order valence-electron chi connectivity index (χ1n) is 8.50. The highest BCUT2D eigenvalue weighted by Crippen LogP contribution is 2.22. The summed E-state index contributed by atoms with van der Waals surface area (Å²) >= 11 is 0. The molecule has 0 amide bonds. The smallest absolute Gasteiger partial charge is 0.240 e. The minimum Gasteiger partial charge on any atom is -0.306 e. The van der Waals surface area contributed by atoms with Crippen LogP contribution in [0.15, 0.2) is 35.4 Å². The number of nitrogens with one attached hydrogen (secondary N) is 2. The summed E-state index contributed by atoms with van der Waals surface area (Å²) in [6.07, 6.45) is 3.72. The average Bonchev–Trinajstić information content (AvgIpc) is 3.36. The summed E-state index contributed by atoms with van der Waals surface area (Å²) in [4.78, 5) is 8.97. The molecule has 0 radical (unpaired) electrons. The van der Waals surface area contributed by atoms with E-state index >= 15 is 0 Å². The Morgan fingerprint density at radius 3 is 2.48 bits per heavy atom. The number of hydrogen-bond acceptors (Lipinski definition) is 5. The number of sulfonamides is 1. The van der Waals surface area contributed by atoms with E-state index in [9.17, 15) is 8.42 Å². The molecule has 134 valence electrons. The van der Waals surface area contributed by atoms with Gasteiger partial charge in [0, 0.05) is 36.1 Å². The molecule has 1 saturated carbocycles. The molecular weight excluding hydrogens is 336 g/mol. The number of aryl methyl sites for hydroxylation is 2. The molecule has 0 spiro atoms. The van der Waals surface area contributed by atoms with Gasteiger partial charge in [0.2, 0.25) is 10.0 Å². The zero-order valence-corrected chi connectivity index (χ0v) is 15.6. The molecule has 1 heterocycles. The monoisotopic (exact) mass is 360 g/mol. The maximum atomic E-state index is 12.2. The molecule has 0 aliphatic heterocycles. The molecular formula is C18H24N4O2S.